The fourth-order valence-electron chi connectivity index (χ4n) is 1.99. The lowest BCUT2D eigenvalue weighted by Crippen LogP contribution is -2.07. The molecule has 2 nitrogen and oxygen atoms in total. The van der Waals surface area contributed by atoms with E-state index in [4.69, 9.17) is 0 Å². The van der Waals surface area contributed by atoms with E-state index >= 15 is 0 Å². The van der Waals surface area contributed by atoms with Gasteiger partial charge >= 0.3 is 0 Å². The molecule has 1 heterocycles. The molecule has 2 rings (SSSR count). The van der Waals surface area contributed by atoms with Crippen molar-refractivity contribution in [1.29, 1.82) is 0 Å². The van der Waals surface area contributed by atoms with Gasteiger partial charge in [0.1, 0.15) is 6.10 Å². The molecule has 1 atom stereocenters. The van der Waals surface area contributed by atoms with Crippen LogP contribution in [0.5, 0.6) is 0 Å². The van der Waals surface area contributed by atoms with Gasteiger partial charge in [0, 0.05) is 17.1 Å². The van der Waals surface area contributed by atoms with Gasteiger partial charge in [-0.15, -0.1) is 0 Å². The number of hydrogen-bond donors (Lipinski definition) is 1. The van der Waals surface area contributed by atoms with Crippen LogP contribution in [0.4, 0.5) is 0 Å². The Hall–Kier alpha value is -1.19. The molecule has 0 aliphatic heterocycles. The quantitative estimate of drug-likeness (QED) is 0.934. The predicted molar refractivity (Wildman–Crippen MR) is 76.4 cm³/mol. The number of nitrogens with zero attached hydrogens (tertiary/aromatic N) is 1. The van der Waals surface area contributed by atoms with Crippen LogP contribution < -0.4 is 0 Å². The number of halogens is 1. The van der Waals surface area contributed by atoms with Crippen LogP contribution >= 0.6 is 15.9 Å². The SMILES string of the molecule is CCc1cccnc1C(O)Cc1ccc(Br)cc1. The van der Waals surface area contributed by atoms with E-state index in [0.29, 0.717) is 6.42 Å². The van der Waals surface area contributed by atoms with Gasteiger partial charge in [0.2, 0.25) is 0 Å². The van der Waals surface area contributed by atoms with E-state index in [9.17, 15) is 5.11 Å². The van der Waals surface area contributed by atoms with Crippen LogP contribution in [-0.4, -0.2) is 10.1 Å². The van der Waals surface area contributed by atoms with E-state index in [-0.39, 0.29) is 0 Å². The number of benzene rings is 1. The predicted octanol–water partition coefficient (Wildman–Crippen LogP) is 3.68. The van der Waals surface area contributed by atoms with Crippen LogP contribution in [0.2, 0.25) is 0 Å². The van der Waals surface area contributed by atoms with Crippen LogP contribution in [0, 0.1) is 0 Å². The molecule has 0 aliphatic carbocycles. The number of pyridine rings is 1. The Morgan fingerprint density at radius 1 is 1.22 bits per heavy atom. The Kier molecular flexibility index (Phi) is 4.50. The maximum atomic E-state index is 10.3. The highest BCUT2D eigenvalue weighted by Crippen LogP contribution is 2.21. The average Bonchev–Trinajstić information content (AvgIpc) is 2.41. The van der Waals surface area contributed by atoms with E-state index in [1.807, 2.05) is 36.4 Å². The lowest BCUT2D eigenvalue weighted by Gasteiger charge is -2.13. The largest absolute Gasteiger partial charge is 0.386 e. The summed E-state index contributed by atoms with van der Waals surface area (Å²) in [7, 11) is 0. The summed E-state index contributed by atoms with van der Waals surface area (Å²) in [6.45, 7) is 2.08. The monoisotopic (exact) mass is 305 g/mol. The second kappa shape index (κ2) is 6.12. The van der Waals surface area contributed by atoms with Crippen LogP contribution in [0.15, 0.2) is 47.1 Å². The van der Waals surface area contributed by atoms with Crippen molar-refractivity contribution in [3.63, 3.8) is 0 Å². The van der Waals surface area contributed by atoms with E-state index in [0.717, 1.165) is 27.7 Å². The molecule has 0 fully saturated rings. The standard InChI is InChI=1S/C15H16BrNO/c1-2-12-4-3-9-17-15(12)14(18)10-11-5-7-13(16)8-6-11/h3-9,14,18H,2,10H2,1H3. The summed E-state index contributed by atoms with van der Waals surface area (Å²) < 4.78 is 1.05. The summed E-state index contributed by atoms with van der Waals surface area (Å²) in [5, 5.41) is 10.3. The topological polar surface area (TPSA) is 33.1 Å². The van der Waals surface area contributed by atoms with Gasteiger partial charge in [-0.3, -0.25) is 4.98 Å². The van der Waals surface area contributed by atoms with Crippen molar-refractivity contribution in [1.82, 2.24) is 4.98 Å². The summed E-state index contributed by atoms with van der Waals surface area (Å²) in [6, 6.07) is 11.9. The molecule has 0 spiro atoms. The summed E-state index contributed by atoms with van der Waals surface area (Å²) in [5.74, 6) is 0. The number of aromatic nitrogens is 1. The molecule has 1 unspecified atom stereocenters. The number of aliphatic hydroxyl groups is 1. The van der Waals surface area contributed by atoms with Crippen molar-refractivity contribution in [2.75, 3.05) is 0 Å². The Bertz CT molecular complexity index is 510. The molecule has 0 amide bonds. The van der Waals surface area contributed by atoms with Crippen LogP contribution in [-0.2, 0) is 12.8 Å². The Labute approximate surface area is 116 Å². The minimum Gasteiger partial charge on any atom is -0.386 e. The molecule has 0 radical (unpaired) electrons. The molecule has 94 valence electrons. The molecule has 18 heavy (non-hydrogen) atoms. The fraction of sp³-hybridized carbons (Fsp3) is 0.267. The molecular weight excluding hydrogens is 290 g/mol. The molecule has 3 heteroatoms. The first-order valence-corrected chi connectivity index (χ1v) is 6.86. The molecule has 1 aromatic carbocycles. The highest BCUT2D eigenvalue weighted by molar-refractivity contribution is 9.10. The van der Waals surface area contributed by atoms with E-state index in [1.54, 1.807) is 6.20 Å². The van der Waals surface area contributed by atoms with Crippen molar-refractivity contribution in [3.05, 3.63) is 63.9 Å². The molecule has 0 saturated carbocycles. The average molecular weight is 306 g/mol. The van der Waals surface area contributed by atoms with Crippen molar-refractivity contribution in [2.45, 2.75) is 25.9 Å². The Balaban J connectivity index is 2.16. The highest BCUT2D eigenvalue weighted by atomic mass is 79.9. The molecule has 0 bridgehead atoms. The maximum Gasteiger partial charge on any atom is 0.100 e. The first kappa shape index (κ1) is 13.2. The van der Waals surface area contributed by atoms with Gasteiger partial charge < -0.3 is 5.11 Å². The van der Waals surface area contributed by atoms with E-state index in [2.05, 4.69) is 27.8 Å². The molecule has 2 aromatic rings. The Morgan fingerprint density at radius 3 is 2.61 bits per heavy atom. The fourth-order valence-corrected chi connectivity index (χ4v) is 2.25. The summed E-state index contributed by atoms with van der Waals surface area (Å²) in [4.78, 5) is 4.30. The van der Waals surface area contributed by atoms with Gasteiger partial charge in [-0.1, -0.05) is 41.1 Å². The van der Waals surface area contributed by atoms with E-state index < -0.39 is 6.10 Å². The third kappa shape index (κ3) is 3.18. The zero-order valence-electron chi connectivity index (χ0n) is 10.3. The highest BCUT2D eigenvalue weighted by Gasteiger charge is 2.13. The van der Waals surface area contributed by atoms with Gasteiger partial charge in [-0.25, -0.2) is 0 Å². The van der Waals surface area contributed by atoms with Crippen molar-refractivity contribution in [2.24, 2.45) is 0 Å². The van der Waals surface area contributed by atoms with Gasteiger partial charge in [-0.2, -0.15) is 0 Å². The Morgan fingerprint density at radius 2 is 1.94 bits per heavy atom. The van der Waals surface area contributed by atoms with Gasteiger partial charge in [0.25, 0.3) is 0 Å². The molecular formula is C15H16BrNO. The summed E-state index contributed by atoms with van der Waals surface area (Å²) in [5.41, 5.74) is 3.02. The normalized spacial score (nSPS) is 12.4. The van der Waals surface area contributed by atoms with Crippen LogP contribution in [0.1, 0.15) is 29.8 Å². The number of aliphatic hydroxyl groups excluding tert-OH is 1. The van der Waals surface area contributed by atoms with Crippen molar-refractivity contribution in [3.8, 4) is 0 Å². The minimum absolute atomic E-state index is 0.540. The smallest absolute Gasteiger partial charge is 0.100 e. The minimum atomic E-state index is -0.540. The zero-order chi connectivity index (χ0) is 13.0. The van der Waals surface area contributed by atoms with Crippen LogP contribution in [0.25, 0.3) is 0 Å². The van der Waals surface area contributed by atoms with Crippen LogP contribution in [0.3, 0.4) is 0 Å². The number of hydrogen-bond acceptors (Lipinski definition) is 2. The van der Waals surface area contributed by atoms with Gasteiger partial charge in [0.05, 0.1) is 5.69 Å². The van der Waals surface area contributed by atoms with E-state index in [1.165, 1.54) is 0 Å². The third-order valence-electron chi connectivity index (χ3n) is 2.96. The number of aryl methyl sites for hydroxylation is 1. The molecule has 1 aromatic heterocycles. The van der Waals surface area contributed by atoms with Gasteiger partial charge in [-0.05, 0) is 35.7 Å². The lowest BCUT2D eigenvalue weighted by atomic mass is 10.0. The first-order valence-electron chi connectivity index (χ1n) is 6.07. The van der Waals surface area contributed by atoms with Crippen molar-refractivity contribution < 1.29 is 5.11 Å². The molecule has 0 saturated heterocycles. The lowest BCUT2D eigenvalue weighted by molar-refractivity contribution is 0.172. The first-order chi connectivity index (χ1) is 8.70. The van der Waals surface area contributed by atoms with Crippen molar-refractivity contribution >= 4 is 15.9 Å². The second-order valence-corrected chi connectivity index (χ2v) is 5.16. The second-order valence-electron chi connectivity index (χ2n) is 4.25. The molecule has 1 N–H and O–H groups in total. The summed E-state index contributed by atoms with van der Waals surface area (Å²) >= 11 is 3.40. The number of rotatable bonds is 4. The summed E-state index contributed by atoms with van der Waals surface area (Å²) in [6.07, 6.45) is 2.68. The van der Waals surface area contributed by atoms with Gasteiger partial charge in [0.15, 0.2) is 0 Å². The maximum absolute atomic E-state index is 10.3. The third-order valence-corrected chi connectivity index (χ3v) is 3.49. The molecule has 0 aliphatic rings. The zero-order valence-corrected chi connectivity index (χ0v) is 11.9.